The molecule has 0 bridgehead atoms. The lowest BCUT2D eigenvalue weighted by Gasteiger charge is -2.11. The van der Waals surface area contributed by atoms with Crippen molar-refractivity contribution in [3.63, 3.8) is 0 Å². The van der Waals surface area contributed by atoms with Crippen molar-refractivity contribution in [3.8, 4) is 5.69 Å². The van der Waals surface area contributed by atoms with Gasteiger partial charge in [0.15, 0.2) is 0 Å². The van der Waals surface area contributed by atoms with Crippen LogP contribution in [0.15, 0.2) is 30.5 Å². The van der Waals surface area contributed by atoms with E-state index in [9.17, 15) is 0 Å². The Hall–Kier alpha value is -1.32. The van der Waals surface area contributed by atoms with Crippen LogP contribution in [0.1, 0.15) is 37.9 Å². The van der Waals surface area contributed by atoms with Gasteiger partial charge in [-0.1, -0.05) is 32.4 Å². The number of hydrogen-bond acceptors (Lipinski definition) is 2. The summed E-state index contributed by atoms with van der Waals surface area (Å²) in [7, 11) is 0. The summed E-state index contributed by atoms with van der Waals surface area (Å²) in [5.74, 6) is 0.436. The number of benzene rings is 1. The van der Waals surface area contributed by atoms with Crippen LogP contribution in [0, 0.1) is 0 Å². The third kappa shape index (κ3) is 3.37. The quantitative estimate of drug-likeness (QED) is 0.902. The Morgan fingerprint density at radius 2 is 2.11 bits per heavy atom. The molecular formula is C15H20ClN3. The third-order valence-electron chi connectivity index (χ3n) is 3.06. The van der Waals surface area contributed by atoms with E-state index in [4.69, 9.17) is 11.6 Å². The molecule has 1 aromatic heterocycles. The standard InChI is InChI=1S/C15H20ClN3/c1-4-17-10-12-9-13(16)5-6-15(12)19-8-7-14(18-19)11(2)3/h5-9,11,17H,4,10H2,1-3H3. The molecule has 0 unspecified atom stereocenters. The second-order valence-electron chi connectivity index (χ2n) is 4.89. The van der Waals surface area contributed by atoms with Gasteiger partial charge in [-0.25, -0.2) is 4.68 Å². The van der Waals surface area contributed by atoms with E-state index in [0.29, 0.717) is 5.92 Å². The maximum Gasteiger partial charge on any atom is 0.0691 e. The molecule has 1 aromatic carbocycles. The molecule has 1 N–H and O–H groups in total. The Morgan fingerprint density at radius 3 is 2.74 bits per heavy atom. The second kappa shape index (κ2) is 6.22. The molecule has 0 spiro atoms. The van der Waals surface area contributed by atoms with Crippen molar-refractivity contribution in [2.75, 3.05) is 6.54 Å². The summed E-state index contributed by atoms with van der Waals surface area (Å²) in [5, 5.41) is 8.71. The van der Waals surface area contributed by atoms with E-state index < -0.39 is 0 Å². The molecule has 0 amide bonds. The monoisotopic (exact) mass is 277 g/mol. The van der Waals surface area contributed by atoms with Crippen LogP contribution >= 0.6 is 11.6 Å². The van der Waals surface area contributed by atoms with E-state index in [-0.39, 0.29) is 0 Å². The molecule has 0 radical (unpaired) electrons. The van der Waals surface area contributed by atoms with Crippen LogP contribution in [0.5, 0.6) is 0 Å². The molecule has 0 fully saturated rings. The smallest absolute Gasteiger partial charge is 0.0691 e. The van der Waals surface area contributed by atoms with Gasteiger partial charge in [0.2, 0.25) is 0 Å². The molecule has 102 valence electrons. The fourth-order valence-corrected chi connectivity index (χ4v) is 2.15. The number of nitrogens with one attached hydrogen (secondary N) is 1. The Morgan fingerprint density at radius 1 is 1.32 bits per heavy atom. The lowest BCUT2D eigenvalue weighted by Crippen LogP contribution is -2.14. The molecule has 4 heteroatoms. The summed E-state index contributed by atoms with van der Waals surface area (Å²) in [6.45, 7) is 8.11. The fraction of sp³-hybridized carbons (Fsp3) is 0.400. The van der Waals surface area contributed by atoms with Gasteiger partial charge in [-0.15, -0.1) is 0 Å². The summed E-state index contributed by atoms with van der Waals surface area (Å²) in [6.07, 6.45) is 2.01. The lowest BCUT2D eigenvalue weighted by atomic mass is 10.1. The minimum atomic E-state index is 0.436. The predicted molar refractivity (Wildman–Crippen MR) is 80.0 cm³/mol. The van der Waals surface area contributed by atoms with Crippen molar-refractivity contribution in [1.29, 1.82) is 0 Å². The molecule has 0 aliphatic rings. The van der Waals surface area contributed by atoms with Gasteiger partial charge < -0.3 is 5.32 Å². The largest absolute Gasteiger partial charge is 0.313 e. The van der Waals surface area contributed by atoms with E-state index in [0.717, 1.165) is 35.1 Å². The first-order chi connectivity index (χ1) is 9.11. The summed E-state index contributed by atoms with van der Waals surface area (Å²) in [5.41, 5.74) is 3.34. The zero-order valence-corrected chi connectivity index (χ0v) is 12.4. The van der Waals surface area contributed by atoms with Gasteiger partial charge in [-0.2, -0.15) is 5.10 Å². The van der Waals surface area contributed by atoms with E-state index in [1.165, 1.54) is 0 Å². The second-order valence-corrected chi connectivity index (χ2v) is 5.33. The Bertz CT molecular complexity index is 546. The molecule has 0 atom stereocenters. The molecule has 0 saturated carbocycles. The van der Waals surface area contributed by atoms with Crippen LogP contribution in [0.2, 0.25) is 5.02 Å². The topological polar surface area (TPSA) is 29.9 Å². The molecule has 19 heavy (non-hydrogen) atoms. The lowest BCUT2D eigenvalue weighted by molar-refractivity contribution is 0.711. The van der Waals surface area contributed by atoms with Crippen LogP contribution < -0.4 is 5.32 Å². The number of rotatable bonds is 5. The third-order valence-corrected chi connectivity index (χ3v) is 3.29. The van der Waals surface area contributed by atoms with E-state index in [2.05, 4.69) is 37.3 Å². The molecule has 2 rings (SSSR count). The summed E-state index contributed by atoms with van der Waals surface area (Å²) in [4.78, 5) is 0. The normalized spacial score (nSPS) is 11.2. The highest BCUT2D eigenvalue weighted by Crippen LogP contribution is 2.21. The van der Waals surface area contributed by atoms with Crippen molar-refractivity contribution in [3.05, 3.63) is 46.7 Å². The van der Waals surface area contributed by atoms with Crippen LogP contribution in [0.3, 0.4) is 0 Å². The molecule has 0 aliphatic carbocycles. The van der Waals surface area contributed by atoms with Crippen LogP contribution in [-0.4, -0.2) is 16.3 Å². The Labute approximate surface area is 119 Å². The van der Waals surface area contributed by atoms with Crippen molar-refractivity contribution >= 4 is 11.6 Å². The summed E-state index contributed by atoms with van der Waals surface area (Å²) in [6, 6.07) is 7.99. The summed E-state index contributed by atoms with van der Waals surface area (Å²) >= 11 is 6.08. The average molecular weight is 278 g/mol. The first-order valence-corrected chi connectivity index (χ1v) is 7.04. The van der Waals surface area contributed by atoms with Gasteiger partial charge in [0.25, 0.3) is 0 Å². The predicted octanol–water partition coefficient (Wildman–Crippen LogP) is 3.76. The van der Waals surface area contributed by atoms with Crippen molar-refractivity contribution in [2.24, 2.45) is 0 Å². The first-order valence-electron chi connectivity index (χ1n) is 6.67. The first kappa shape index (κ1) is 14.1. The minimum absolute atomic E-state index is 0.436. The van der Waals surface area contributed by atoms with Crippen molar-refractivity contribution in [1.82, 2.24) is 15.1 Å². The van der Waals surface area contributed by atoms with Gasteiger partial charge in [0.05, 0.1) is 11.4 Å². The minimum Gasteiger partial charge on any atom is -0.313 e. The van der Waals surface area contributed by atoms with Crippen LogP contribution in [-0.2, 0) is 6.54 Å². The van der Waals surface area contributed by atoms with Gasteiger partial charge >= 0.3 is 0 Å². The zero-order chi connectivity index (χ0) is 13.8. The van der Waals surface area contributed by atoms with Crippen LogP contribution in [0.4, 0.5) is 0 Å². The molecule has 0 saturated heterocycles. The van der Waals surface area contributed by atoms with E-state index >= 15 is 0 Å². The summed E-state index contributed by atoms with van der Waals surface area (Å²) < 4.78 is 1.93. The Kier molecular flexibility index (Phi) is 4.61. The van der Waals surface area contributed by atoms with Gasteiger partial charge in [0.1, 0.15) is 0 Å². The number of halogens is 1. The van der Waals surface area contributed by atoms with Gasteiger partial charge in [-0.05, 0) is 42.3 Å². The maximum absolute atomic E-state index is 6.08. The number of nitrogens with zero attached hydrogens (tertiary/aromatic N) is 2. The van der Waals surface area contributed by atoms with Gasteiger partial charge in [-0.3, -0.25) is 0 Å². The highest BCUT2D eigenvalue weighted by atomic mass is 35.5. The molecule has 2 aromatic rings. The number of hydrogen-bond donors (Lipinski definition) is 1. The zero-order valence-electron chi connectivity index (χ0n) is 11.7. The van der Waals surface area contributed by atoms with Gasteiger partial charge in [0, 0.05) is 17.8 Å². The number of aromatic nitrogens is 2. The molecular weight excluding hydrogens is 258 g/mol. The van der Waals surface area contributed by atoms with E-state index in [1.807, 2.05) is 29.1 Å². The van der Waals surface area contributed by atoms with E-state index in [1.54, 1.807) is 0 Å². The van der Waals surface area contributed by atoms with Crippen LogP contribution in [0.25, 0.3) is 5.69 Å². The Balaban J connectivity index is 2.36. The SMILES string of the molecule is CCNCc1cc(Cl)ccc1-n1ccc(C(C)C)n1. The maximum atomic E-state index is 6.08. The molecule has 0 aliphatic heterocycles. The highest BCUT2D eigenvalue weighted by Gasteiger charge is 2.09. The van der Waals surface area contributed by atoms with Crippen molar-refractivity contribution < 1.29 is 0 Å². The average Bonchev–Trinajstić information content (AvgIpc) is 2.86. The highest BCUT2D eigenvalue weighted by molar-refractivity contribution is 6.30. The molecule has 3 nitrogen and oxygen atoms in total. The fourth-order valence-electron chi connectivity index (χ4n) is 1.96. The van der Waals surface area contributed by atoms with Crippen molar-refractivity contribution in [2.45, 2.75) is 33.2 Å². The molecule has 1 heterocycles.